The van der Waals surface area contributed by atoms with Crippen LogP contribution in [0.2, 0.25) is 0 Å². The lowest BCUT2D eigenvalue weighted by molar-refractivity contribution is -0.141. The van der Waals surface area contributed by atoms with Gasteiger partial charge in [-0.2, -0.15) is 4.31 Å². The smallest absolute Gasteiger partial charge is 0.322 e. The second-order valence-corrected chi connectivity index (χ2v) is 8.26. The van der Waals surface area contributed by atoms with Gasteiger partial charge in [-0.3, -0.25) is 4.79 Å². The van der Waals surface area contributed by atoms with Gasteiger partial charge in [0.1, 0.15) is 11.9 Å². The maximum absolute atomic E-state index is 13.6. The zero-order valence-corrected chi connectivity index (χ0v) is 13.7. The van der Waals surface area contributed by atoms with Crippen LogP contribution in [0.5, 0.6) is 0 Å². The molecular formula is C16H20FNO4S. The van der Waals surface area contributed by atoms with Crippen LogP contribution in [-0.4, -0.2) is 35.9 Å². The van der Waals surface area contributed by atoms with Gasteiger partial charge < -0.3 is 5.11 Å². The zero-order valence-electron chi connectivity index (χ0n) is 12.9. The van der Waals surface area contributed by atoms with Crippen molar-refractivity contribution in [2.45, 2.75) is 56.0 Å². The van der Waals surface area contributed by atoms with Crippen LogP contribution < -0.4 is 0 Å². The van der Waals surface area contributed by atoms with Crippen molar-refractivity contribution in [3.63, 3.8) is 0 Å². The maximum atomic E-state index is 13.6. The minimum atomic E-state index is -4.04. The summed E-state index contributed by atoms with van der Waals surface area (Å²) in [6.45, 7) is 1.59. The van der Waals surface area contributed by atoms with Gasteiger partial charge in [-0.05, 0) is 49.8 Å². The number of nitrogens with zero attached hydrogens (tertiary/aromatic N) is 1. The van der Waals surface area contributed by atoms with Crippen molar-refractivity contribution in [3.8, 4) is 0 Å². The normalized spacial score (nSPS) is 28.5. The molecule has 126 valence electrons. The summed E-state index contributed by atoms with van der Waals surface area (Å²) in [7, 11) is -4.04. The van der Waals surface area contributed by atoms with Gasteiger partial charge in [-0.1, -0.05) is 18.9 Å². The standard InChI is InChI=1S/C16H20FNO4S/c1-10-6-7-12(17)9-15(10)23(21,22)18-13-5-3-2-4-11(13)8-14(18)16(19)20/h6-7,9,11,13-14H,2-5,8H2,1H3,(H,19,20). The van der Waals surface area contributed by atoms with E-state index in [9.17, 15) is 22.7 Å². The Bertz CT molecular complexity index is 734. The highest BCUT2D eigenvalue weighted by Crippen LogP contribution is 2.43. The van der Waals surface area contributed by atoms with Crippen molar-refractivity contribution in [2.75, 3.05) is 0 Å². The summed E-state index contributed by atoms with van der Waals surface area (Å²) in [4.78, 5) is 11.5. The molecule has 0 amide bonds. The molecule has 1 aromatic rings. The third kappa shape index (κ3) is 2.76. The third-order valence-corrected chi connectivity index (χ3v) is 7.10. The van der Waals surface area contributed by atoms with Gasteiger partial charge >= 0.3 is 5.97 Å². The Morgan fingerprint density at radius 1 is 1.30 bits per heavy atom. The molecule has 3 atom stereocenters. The van der Waals surface area contributed by atoms with E-state index in [1.807, 2.05) is 0 Å². The lowest BCUT2D eigenvalue weighted by Crippen LogP contribution is -2.46. The Balaban J connectivity index is 2.08. The molecule has 0 radical (unpaired) electrons. The van der Waals surface area contributed by atoms with Crippen molar-refractivity contribution < 1.29 is 22.7 Å². The van der Waals surface area contributed by atoms with Crippen molar-refractivity contribution >= 4 is 16.0 Å². The van der Waals surface area contributed by atoms with E-state index in [0.29, 0.717) is 18.4 Å². The fourth-order valence-electron chi connectivity index (χ4n) is 3.94. The highest BCUT2D eigenvalue weighted by atomic mass is 32.2. The molecule has 1 aliphatic carbocycles. The number of carboxylic acid groups (broad SMARTS) is 1. The van der Waals surface area contributed by atoms with Crippen molar-refractivity contribution in [1.29, 1.82) is 0 Å². The predicted octanol–water partition coefficient (Wildman–Crippen LogP) is 2.54. The molecule has 1 saturated carbocycles. The number of fused-ring (bicyclic) bond motifs is 1. The molecular weight excluding hydrogens is 321 g/mol. The molecule has 2 aliphatic rings. The van der Waals surface area contributed by atoms with E-state index < -0.39 is 27.9 Å². The van der Waals surface area contributed by atoms with Gasteiger partial charge in [0.25, 0.3) is 0 Å². The molecule has 0 bridgehead atoms. The van der Waals surface area contributed by atoms with E-state index in [0.717, 1.165) is 29.6 Å². The van der Waals surface area contributed by atoms with E-state index in [1.54, 1.807) is 6.92 Å². The van der Waals surface area contributed by atoms with Crippen molar-refractivity contribution in [2.24, 2.45) is 5.92 Å². The number of benzene rings is 1. The molecule has 1 aliphatic heterocycles. The number of aryl methyl sites for hydroxylation is 1. The van der Waals surface area contributed by atoms with E-state index in [-0.39, 0.29) is 16.9 Å². The third-order valence-electron chi connectivity index (χ3n) is 5.02. The monoisotopic (exact) mass is 341 g/mol. The van der Waals surface area contributed by atoms with Crippen LogP contribution in [0.3, 0.4) is 0 Å². The molecule has 1 aromatic carbocycles. The molecule has 7 heteroatoms. The van der Waals surface area contributed by atoms with E-state index >= 15 is 0 Å². The van der Waals surface area contributed by atoms with Gasteiger partial charge in [0.05, 0.1) is 4.90 Å². The molecule has 23 heavy (non-hydrogen) atoms. The molecule has 2 fully saturated rings. The van der Waals surface area contributed by atoms with Crippen molar-refractivity contribution in [3.05, 3.63) is 29.6 Å². The summed E-state index contributed by atoms with van der Waals surface area (Å²) in [5, 5.41) is 9.48. The second-order valence-electron chi connectivity index (χ2n) is 6.45. The minimum Gasteiger partial charge on any atom is -0.480 e. The molecule has 5 nitrogen and oxygen atoms in total. The van der Waals surface area contributed by atoms with Gasteiger partial charge in [0.2, 0.25) is 10.0 Å². The molecule has 1 heterocycles. The highest BCUT2D eigenvalue weighted by Gasteiger charge is 2.51. The quantitative estimate of drug-likeness (QED) is 0.917. The fraction of sp³-hybridized carbons (Fsp3) is 0.562. The van der Waals surface area contributed by atoms with E-state index in [2.05, 4.69) is 0 Å². The molecule has 3 unspecified atom stereocenters. The Labute approximate surface area is 135 Å². The lowest BCUT2D eigenvalue weighted by atomic mass is 9.85. The van der Waals surface area contributed by atoms with Crippen LogP contribution in [0.1, 0.15) is 37.7 Å². The summed E-state index contributed by atoms with van der Waals surface area (Å²) in [6.07, 6.45) is 3.75. The average Bonchev–Trinajstić information content (AvgIpc) is 2.90. The van der Waals surface area contributed by atoms with Crippen molar-refractivity contribution in [1.82, 2.24) is 4.31 Å². The number of halogens is 1. The van der Waals surface area contributed by atoms with Gasteiger partial charge in [-0.25, -0.2) is 12.8 Å². The summed E-state index contributed by atoms with van der Waals surface area (Å²) in [5.74, 6) is -1.69. The number of hydrogen-bond donors (Lipinski definition) is 1. The van der Waals surface area contributed by atoms with Crippen LogP contribution in [0.4, 0.5) is 4.39 Å². The predicted molar refractivity (Wildman–Crippen MR) is 81.9 cm³/mol. The first-order chi connectivity index (χ1) is 10.8. The summed E-state index contributed by atoms with van der Waals surface area (Å²) in [6, 6.07) is 2.25. The highest BCUT2D eigenvalue weighted by molar-refractivity contribution is 7.89. The van der Waals surface area contributed by atoms with Crippen LogP contribution >= 0.6 is 0 Å². The summed E-state index contributed by atoms with van der Waals surface area (Å²) >= 11 is 0. The van der Waals surface area contributed by atoms with Crippen LogP contribution in [0, 0.1) is 18.7 Å². The number of carbonyl (C=O) groups is 1. The van der Waals surface area contributed by atoms with Crippen LogP contribution in [0.15, 0.2) is 23.1 Å². The van der Waals surface area contributed by atoms with Gasteiger partial charge in [-0.15, -0.1) is 0 Å². The van der Waals surface area contributed by atoms with Gasteiger partial charge in [0, 0.05) is 6.04 Å². The lowest BCUT2D eigenvalue weighted by Gasteiger charge is -2.32. The molecule has 0 aromatic heterocycles. The van der Waals surface area contributed by atoms with E-state index in [4.69, 9.17) is 0 Å². The molecule has 1 N–H and O–H groups in total. The van der Waals surface area contributed by atoms with Crippen LogP contribution in [0.25, 0.3) is 0 Å². The maximum Gasteiger partial charge on any atom is 0.322 e. The summed E-state index contributed by atoms with van der Waals surface area (Å²) < 4.78 is 40.8. The Morgan fingerprint density at radius 2 is 2.00 bits per heavy atom. The summed E-state index contributed by atoms with van der Waals surface area (Å²) in [5.41, 5.74) is 0.426. The molecule has 0 spiro atoms. The van der Waals surface area contributed by atoms with E-state index in [1.165, 1.54) is 12.1 Å². The average molecular weight is 341 g/mol. The largest absolute Gasteiger partial charge is 0.480 e. The Morgan fingerprint density at radius 3 is 2.70 bits per heavy atom. The SMILES string of the molecule is Cc1ccc(F)cc1S(=O)(=O)N1C(C(=O)O)CC2CCCCC21. The first-order valence-corrected chi connectivity index (χ1v) is 9.29. The molecule has 3 rings (SSSR count). The number of aliphatic carboxylic acids is 1. The van der Waals surface area contributed by atoms with Gasteiger partial charge in [0.15, 0.2) is 0 Å². The first-order valence-electron chi connectivity index (χ1n) is 7.85. The van der Waals surface area contributed by atoms with Crippen LogP contribution in [-0.2, 0) is 14.8 Å². The fourth-order valence-corrected chi connectivity index (χ4v) is 6.05. The number of sulfonamides is 1. The number of rotatable bonds is 3. The Kier molecular flexibility index (Phi) is 4.18. The Hall–Kier alpha value is -1.47. The number of carboxylic acids is 1. The minimum absolute atomic E-state index is 0.0773. The molecule has 1 saturated heterocycles. The number of hydrogen-bond acceptors (Lipinski definition) is 3. The second kappa shape index (κ2) is 5.87. The topological polar surface area (TPSA) is 74.7 Å². The first kappa shape index (κ1) is 16.4. The zero-order chi connectivity index (χ0) is 16.8.